The zero-order chi connectivity index (χ0) is 21.4. The van der Waals surface area contributed by atoms with Gasteiger partial charge in [0, 0.05) is 12.5 Å². The molecule has 2 aromatic carbocycles. The van der Waals surface area contributed by atoms with Gasteiger partial charge in [-0.3, -0.25) is 0 Å². The van der Waals surface area contributed by atoms with Gasteiger partial charge < -0.3 is 4.57 Å². The second kappa shape index (κ2) is 7.69. The number of aromatic nitrogens is 3. The summed E-state index contributed by atoms with van der Waals surface area (Å²) in [5.41, 5.74) is 1.37. The first-order chi connectivity index (χ1) is 13.6. The number of primary sulfonamides is 1. The van der Waals surface area contributed by atoms with Gasteiger partial charge >= 0.3 is 0 Å². The standard InChI is InChI=1S/C19H22N4O4S2/c1-4-23-18(14(3)16-7-5-6-8-17(16)29(20,26)27)21-22-19(23)28(24,25)15-11-9-13(2)10-12-15/h5-12,14H,4H2,1-3H3,(H2,20,26,27)/t14-/m1/s1. The average molecular weight is 435 g/mol. The lowest BCUT2D eigenvalue weighted by Gasteiger charge is -2.16. The van der Waals surface area contributed by atoms with Gasteiger partial charge in [0.25, 0.3) is 5.16 Å². The van der Waals surface area contributed by atoms with Gasteiger partial charge in [-0.15, -0.1) is 10.2 Å². The fraction of sp³-hybridized carbons (Fsp3) is 0.263. The molecule has 0 aliphatic rings. The second-order valence-electron chi connectivity index (χ2n) is 6.71. The smallest absolute Gasteiger partial charge is 0.254 e. The number of aryl methyl sites for hydroxylation is 1. The van der Waals surface area contributed by atoms with Crippen molar-refractivity contribution in [2.75, 3.05) is 0 Å². The molecule has 3 aromatic rings. The molecule has 0 aliphatic heterocycles. The minimum Gasteiger partial charge on any atom is -0.301 e. The molecule has 1 atom stereocenters. The Labute approximate surface area is 170 Å². The third-order valence-corrected chi connectivity index (χ3v) is 7.37. The Bertz CT molecular complexity index is 1250. The molecular weight excluding hydrogens is 412 g/mol. The van der Waals surface area contributed by atoms with Crippen LogP contribution in [0, 0.1) is 6.92 Å². The van der Waals surface area contributed by atoms with Gasteiger partial charge in [0.15, 0.2) is 0 Å². The Morgan fingerprint density at radius 1 is 1.00 bits per heavy atom. The van der Waals surface area contributed by atoms with Crippen LogP contribution >= 0.6 is 0 Å². The molecule has 0 saturated heterocycles. The number of rotatable bonds is 6. The van der Waals surface area contributed by atoms with Gasteiger partial charge in [0.1, 0.15) is 5.82 Å². The van der Waals surface area contributed by atoms with Crippen LogP contribution in [0.1, 0.15) is 36.7 Å². The third kappa shape index (κ3) is 3.96. The maximum atomic E-state index is 13.1. The van der Waals surface area contributed by atoms with Crippen LogP contribution in [0.4, 0.5) is 0 Å². The van der Waals surface area contributed by atoms with Gasteiger partial charge in [-0.1, -0.05) is 42.8 Å². The first-order valence-corrected chi connectivity index (χ1v) is 12.0. The Hall–Kier alpha value is -2.56. The fourth-order valence-electron chi connectivity index (χ4n) is 3.18. The van der Waals surface area contributed by atoms with E-state index in [2.05, 4.69) is 10.2 Å². The fourth-order valence-corrected chi connectivity index (χ4v) is 5.38. The number of hydrogen-bond donors (Lipinski definition) is 1. The van der Waals surface area contributed by atoms with Crippen LogP contribution in [-0.4, -0.2) is 31.6 Å². The Balaban J connectivity index is 2.13. The molecule has 10 heteroatoms. The van der Waals surface area contributed by atoms with E-state index < -0.39 is 25.8 Å². The highest BCUT2D eigenvalue weighted by Gasteiger charge is 2.29. The monoisotopic (exact) mass is 434 g/mol. The largest absolute Gasteiger partial charge is 0.301 e. The van der Waals surface area contributed by atoms with E-state index in [0.29, 0.717) is 17.9 Å². The van der Waals surface area contributed by atoms with Gasteiger partial charge in [-0.2, -0.15) is 0 Å². The SMILES string of the molecule is CCn1c([C@H](C)c2ccccc2S(N)(=O)=O)nnc1S(=O)(=O)c1ccc(C)cc1. The van der Waals surface area contributed by atoms with Crippen LogP contribution in [0.3, 0.4) is 0 Å². The molecular formula is C19H22N4O4S2. The molecule has 2 N–H and O–H groups in total. The lowest BCUT2D eigenvalue weighted by molar-refractivity contribution is 0.558. The lowest BCUT2D eigenvalue weighted by Crippen LogP contribution is -2.18. The van der Waals surface area contributed by atoms with Gasteiger partial charge in [-0.05, 0) is 37.6 Å². The van der Waals surface area contributed by atoms with E-state index in [9.17, 15) is 16.8 Å². The number of sulfonamides is 1. The van der Waals surface area contributed by atoms with Crippen LogP contribution in [0.2, 0.25) is 0 Å². The topological polar surface area (TPSA) is 125 Å². The van der Waals surface area contributed by atoms with Crippen LogP contribution in [-0.2, 0) is 26.4 Å². The summed E-state index contributed by atoms with van der Waals surface area (Å²) in [7, 11) is -7.84. The molecule has 0 radical (unpaired) electrons. The average Bonchev–Trinajstić information content (AvgIpc) is 3.12. The summed E-state index contributed by atoms with van der Waals surface area (Å²) in [4.78, 5) is 0.0930. The van der Waals surface area contributed by atoms with Crippen molar-refractivity contribution < 1.29 is 16.8 Å². The van der Waals surface area contributed by atoms with Crippen molar-refractivity contribution in [3.63, 3.8) is 0 Å². The van der Waals surface area contributed by atoms with Crippen molar-refractivity contribution >= 4 is 19.9 Å². The zero-order valence-electron chi connectivity index (χ0n) is 16.3. The summed E-state index contributed by atoms with van der Waals surface area (Å²) in [6.07, 6.45) is 0. The summed E-state index contributed by atoms with van der Waals surface area (Å²) in [5.74, 6) is -0.201. The van der Waals surface area contributed by atoms with E-state index >= 15 is 0 Å². The van der Waals surface area contributed by atoms with E-state index in [1.165, 1.54) is 22.8 Å². The van der Waals surface area contributed by atoms with Gasteiger partial charge in [-0.25, -0.2) is 22.0 Å². The van der Waals surface area contributed by atoms with Crippen molar-refractivity contribution in [3.8, 4) is 0 Å². The molecule has 1 heterocycles. The normalized spacial score (nSPS) is 13.4. The molecule has 154 valence electrons. The number of nitrogens with zero attached hydrogens (tertiary/aromatic N) is 3. The van der Waals surface area contributed by atoms with Crippen molar-refractivity contribution in [3.05, 3.63) is 65.5 Å². The van der Waals surface area contributed by atoms with E-state index in [4.69, 9.17) is 5.14 Å². The maximum absolute atomic E-state index is 13.1. The predicted octanol–water partition coefficient (Wildman–Crippen LogP) is 2.24. The number of benzene rings is 2. The van der Waals surface area contributed by atoms with Crippen molar-refractivity contribution in [2.24, 2.45) is 5.14 Å². The molecule has 29 heavy (non-hydrogen) atoms. The molecule has 0 unspecified atom stereocenters. The van der Waals surface area contributed by atoms with E-state index in [1.807, 2.05) is 6.92 Å². The minimum absolute atomic E-state index is 0.0268. The predicted molar refractivity (Wildman–Crippen MR) is 108 cm³/mol. The lowest BCUT2D eigenvalue weighted by atomic mass is 10.0. The molecule has 3 rings (SSSR count). The molecule has 8 nitrogen and oxygen atoms in total. The zero-order valence-corrected chi connectivity index (χ0v) is 17.9. The third-order valence-electron chi connectivity index (χ3n) is 4.71. The van der Waals surface area contributed by atoms with Crippen molar-refractivity contribution in [2.45, 2.75) is 48.2 Å². The quantitative estimate of drug-likeness (QED) is 0.634. The molecule has 0 saturated carbocycles. The molecule has 0 aliphatic carbocycles. The Morgan fingerprint density at radius 3 is 2.21 bits per heavy atom. The molecule has 0 bridgehead atoms. The first kappa shape index (κ1) is 21.2. The summed E-state index contributed by atoms with van der Waals surface area (Å²) in [6.45, 7) is 5.68. The maximum Gasteiger partial charge on any atom is 0.254 e. The van der Waals surface area contributed by atoms with E-state index in [-0.39, 0.29) is 14.9 Å². The van der Waals surface area contributed by atoms with E-state index in [1.54, 1.807) is 44.2 Å². The van der Waals surface area contributed by atoms with Gasteiger partial charge in [0.05, 0.1) is 9.79 Å². The van der Waals surface area contributed by atoms with Crippen LogP contribution in [0.5, 0.6) is 0 Å². The summed E-state index contributed by atoms with van der Waals surface area (Å²) in [6, 6.07) is 12.8. The molecule has 0 amide bonds. The van der Waals surface area contributed by atoms with Crippen molar-refractivity contribution in [1.29, 1.82) is 0 Å². The highest BCUT2D eigenvalue weighted by molar-refractivity contribution is 7.91. The number of nitrogens with two attached hydrogens (primary N) is 1. The van der Waals surface area contributed by atoms with E-state index in [0.717, 1.165) is 5.56 Å². The highest BCUT2D eigenvalue weighted by Crippen LogP contribution is 2.30. The number of hydrogen-bond acceptors (Lipinski definition) is 6. The summed E-state index contributed by atoms with van der Waals surface area (Å²) >= 11 is 0. The Morgan fingerprint density at radius 2 is 1.62 bits per heavy atom. The first-order valence-electron chi connectivity index (χ1n) is 8.94. The van der Waals surface area contributed by atoms with Crippen LogP contribution in [0.15, 0.2) is 63.5 Å². The summed E-state index contributed by atoms with van der Waals surface area (Å²) < 4.78 is 51.6. The van der Waals surface area contributed by atoms with Crippen LogP contribution < -0.4 is 5.14 Å². The summed E-state index contributed by atoms with van der Waals surface area (Å²) in [5, 5.41) is 13.2. The highest BCUT2D eigenvalue weighted by atomic mass is 32.2. The second-order valence-corrected chi connectivity index (χ2v) is 10.1. The van der Waals surface area contributed by atoms with Crippen molar-refractivity contribution in [1.82, 2.24) is 14.8 Å². The number of sulfone groups is 1. The molecule has 1 aromatic heterocycles. The van der Waals surface area contributed by atoms with Gasteiger partial charge in [0.2, 0.25) is 19.9 Å². The molecule has 0 spiro atoms. The minimum atomic E-state index is -3.95. The van der Waals surface area contributed by atoms with Crippen LogP contribution in [0.25, 0.3) is 0 Å². The Kier molecular flexibility index (Phi) is 5.61. The molecule has 0 fully saturated rings.